The van der Waals surface area contributed by atoms with Gasteiger partial charge in [-0.2, -0.15) is 11.8 Å². The topological polar surface area (TPSA) is 58.4 Å². The molecule has 0 atom stereocenters. The first-order valence-corrected chi connectivity index (χ1v) is 4.77. The van der Waals surface area contributed by atoms with E-state index in [1.54, 1.807) is 11.8 Å². The molecule has 0 aliphatic rings. The number of thioether (sulfide) groups is 1. The summed E-state index contributed by atoms with van der Waals surface area (Å²) in [5.74, 6) is 5.81. The van der Waals surface area contributed by atoms with Crippen LogP contribution in [0.3, 0.4) is 0 Å². The Morgan fingerprint density at radius 3 is 2.82 bits per heavy atom. The highest BCUT2D eigenvalue weighted by molar-refractivity contribution is 7.98. The van der Waals surface area contributed by atoms with Gasteiger partial charge in [0.2, 0.25) is 5.91 Å². The number of nitrogens with two attached hydrogens (primary N) is 1. The van der Waals surface area contributed by atoms with Crippen molar-refractivity contribution in [2.75, 3.05) is 32.1 Å². The number of nitrogens with zero attached hydrogens (tertiary/aromatic N) is 1. The molecule has 0 aromatic carbocycles. The molecule has 0 heterocycles. The molecule has 5 heteroatoms. The highest BCUT2D eigenvalue weighted by Crippen LogP contribution is 1.92. The molecule has 0 rings (SSSR count). The maximum atomic E-state index is 10.7. The molecule has 0 aromatic rings. The lowest BCUT2D eigenvalue weighted by molar-refractivity contribution is -0.121. The lowest BCUT2D eigenvalue weighted by Gasteiger charge is -2.13. The van der Waals surface area contributed by atoms with Crippen LogP contribution in [0.4, 0.5) is 0 Å². The second kappa shape index (κ2) is 6.45. The van der Waals surface area contributed by atoms with Gasteiger partial charge in [0.15, 0.2) is 0 Å². The Bertz CT molecular complexity index is 120. The minimum atomic E-state index is -0.145. The third-order valence-electron chi connectivity index (χ3n) is 1.25. The van der Waals surface area contributed by atoms with E-state index in [0.29, 0.717) is 6.54 Å². The van der Waals surface area contributed by atoms with Gasteiger partial charge in [-0.05, 0) is 13.3 Å². The maximum Gasteiger partial charge on any atom is 0.248 e. The van der Waals surface area contributed by atoms with E-state index in [0.717, 1.165) is 12.3 Å². The van der Waals surface area contributed by atoms with Crippen LogP contribution < -0.4 is 11.3 Å². The van der Waals surface area contributed by atoms with Crippen molar-refractivity contribution in [1.29, 1.82) is 0 Å². The number of likely N-dealkylation sites (N-methyl/N-ethyl adjacent to an activating group) is 1. The number of hydrogen-bond acceptors (Lipinski definition) is 4. The molecular weight excluding hydrogens is 162 g/mol. The molecule has 0 aliphatic heterocycles. The summed E-state index contributed by atoms with van der Waals surface area (Å²) in [6.07, 6.45) is 2.04. The van der Waals surface area contributed by atoms with E-state index < -0.39 is 0 Å². The van der Waals surface area contributed by atoms with Gasteiger partial charge in [0.1, 0.15) is 0 Å². The first-order valence-electron chi connectivity index (χ1n) is 3.37. The van der Waals surface area contributed by atoms with Gasteiger partial charge >= 0.3 is 0 Å². The van der Waals surface area contributed by atoms with E-state index in [4.69, 9.17) is 5.84 Å². The van der Waals surface area contributed by atoms with Gasteiger partial charge in [0, 0.05) is 12.3 Å². The molecule has 4 nitrogen and oxygen atoms in total. The minimum Gasteiger partial charge on any atom is -0.297 e. The molecule has 1 amide bonds. The van der Waals surface area contributed by atoms with E-state index in [9.17, 15) is 4.79 Å². The van der Waals surface area contributed by atoms with Crippen molar-refractivity contribution in [3.05, 3.63) is 0 Å². The summed E-state index contributed by atoms with van der Waals surface area (Å²) in [6, 6.07) is 0. The standard InChI is InChI=1S/C6H15N3OS/c1-9(3-4-11-2)5-6(10)8-7/h3-5,7H2,1-2H3,(H,8,10). The largest absolute Gasteiger partial charge is 0.297 e. The van der Waals surface area contributed by atoms with Crippen molar-refractivity contribution in [2.45, 2.75) is 0 Å². The second-order valence-electron chi connectivity index (χ2n) is 2.30. The van der Waals surface area contributed by atoms with Crippen LogP contribution in [0.15, 0.2) is 0 Å². The maximum absolute atomic E-state index is 10.7. The van der Waals surface area contributed by atoms with Gasteiger partial charge in [-0.3, -0.25) is 15.1 Å². The smallest absolute Gasteiger partial charge is 0.248 e. The Balaban J connectivity index is 3.35. The van der Waals surface area contributed by atoms with Crippen molar-refractivity contribution >= 4 is 17.7 Å². The van der Waals surface area contributed by atoms with Crippen LogP contribution in [-0.2, 0) is 4.79 Å². The molecule has 0 aliphatic carbocycles. The van der Waals surface area contributed by atoms with Crippen molar-refractivity contribution < 1.29 is 4.79 Å². The SMILES string of the molecule is CSCCN(C)CC(=O)NN. The Morgan fingerprint density at radius 2 is 2.36 bits per heavy atom. The third kappa shape index (κ3) is 6.15. The summed E-state index contributed by atoms with van der Waals surface area (Å²) in [4.78, 5) is 12.6. The molecule has 0 saturated heterocycles. The van der Waals surface area contributed by atoms with Crippen LogP contribution in [0.25, 0.3) is 0 Å². The van der Waals surface area contributed by atoms with E-state index in [2.05, 4.69) is 5.43 Å². The Hall–Kier alpha value is -0.260. The van der Waals surface area contributed by atoms with Crippen LogP contribution in [0.1, 0.15) is 0 Å². The highest BCUT2D eigenvalue weighted by Gasteiger charge is 2.02. The zero-order valence-corrected chi connectivity index (χ0v) is 7.78. The average Bonchev–Trinajstić information content (AvgIpc) is 2.00. The molecule has 0 spiro atoms. The molecule has 0 bridgehead atoms. The molecular formula is C6H15N3OS. The molecule has 11 heavy (non-hydrogen) atoms. The molecule has 66 valence electrons. The zero-order valence-electron chi connectivity index (χ0n) is 6.96. The lowest BCUT2D eigenvalue weighted by Crippen LogP contribution is -2.39. The quantitative estimate of drug-likeness (QED) is 0.330. The lowest BCUT2D eigenvalue weighted by atomic mass is 10.5. The van der Waals surface area contributed by atoms with E-state index in [1.807, 2.05) is 18.2 Å². The predicted molar refractivity (Wildman–Crippen MR) is 48.2 cm³/mol. The first kappa shape index (κ1) is 10.7. The van der Waals surface area contributed by atoms with Crippen LogP contribution in [0.5, 0.6) is 0 Å². The predicted octanol–water partition coefficient (Wildman–Crippen LogP) is -0.729. The van der Waals surface area contributed by atoms with E-state index in [1.165, 1.54) is 0 Å². The fraction of sp³-hybridized carbons (Fsp3) is 0.833. The van der Waals surface area contributed by atoms with Crippen LogP contribution in [0, 0.1) is 0 Å². The Kier molecular flexibility index (Phi) is 6.30. The van der Waals surface area contributed by atoms with Crippen LogP contribution in [0.2, 0.25) is 0 Å². The Morgan fingerprint density at radius 1 is 1.73 bits per heavy atom. The van der Waals surface area contributed by atoms with Gasteiger partial charge in [0.05, 0.1) is 6.54 Å². The van der Waals surface area contributed by atoms with Crippen molar-refractivity contribution in [3.63, 3.8) is 0 Å². The summed E-state index contributed by atoms with van der Waals surface area (Å²) in [6.45, 7) is 1.28. The molecule has 0 aromatic heterocycles. The van der Waals surface area contributed by atoms with E-state index in [-0.39, 0.29) is 5.91 Å². The van der Waals surface area contributed by atoms with Gasteiger partial charge in [-0.15, -0.1) is 0 Å². The summed E-state index contributed by atoms with van der Waals surface area (Å²) < 4.78 is 0. The molecule has 0 saturated carbocycles. The minimum absolute atomic E-state index is 0.145. The fourth-order valence-electron chi connectivity index (χ4n) is 0.617. The molecule has 0 unspecified atom stereocenters. The van der Waals surface area contributed by atoms with Crippen molar-refractivity contribution in [3.8, 4) is 0 Å². The summed E-state index contributed by atoms with van der Waals surface area (Å²) in [5.41, 5.74) is 2.08. The third-order valence-corrected chi connectivity index (χ3v) is 1.84. The number of carbonyl (C=O) groups is 1. The van der Waals surface area contributed by atoms with E-state index >= 15 is 0 Å². The summed E-state index contributed by atoms with van der Waals surface area (Å²) in [5, 5.41) is 0. The van der Waals surface area contributed by atoms with Gasteiger partial charge in [-0.25, -0.2) is 5.84 Å². The number of rotatable bonds is 5. The number of hydrogen-bond donors (Lipinski definition) is 2. The van der Waals surface area contributed by atoms with Gasteiger partial charge in [0.25, 0.3) is 0 Å². The van der Waals surface area contributed by atoms with Crippen LogP contribution >= 0.6 is 11.8 Å². The second-order valence-corrected chi connectivity index (χ2v) is 3.28. The summed E-state index contributed by atoms with van der Waals surface area (Å²) >= 11 is 1.76. The highest BCUT2D eigenvalue weighted by atomic mass is 32.2. The number of nitrogens with one attached hydrogen (secondary N) is 1. The molecule has 0 radical (unpaired) electrons. The fourth-order valence-corrected chi connectivity index (χ4v) is 1.11. The van der Waals surface area contributed by atoms with Crippen molar-refractivity contribution in [1.82, 2.24) is 10.3 Å². The Labute approximate surface area is 71.5 Å². The summed E-state index contributed by atoms with van der Waals surface area (Å²) in [7, 11) is 1.89. The number of hydrazine groups is 1. The van der Waals surface area contributed by atoms with Gasteiger partial charge < -0.3 is 0 Å². The van der Waals surface area contributed by atoms with Crippen molar-refractivity contribution in [2.24, 2.45) is 5.84 Å². The average molecular weight is 177 g/mol. The zero-order chi connectivity index (χ0) is 8.69. The molecule has 3 N–H and O–H groups in total. The number of amides is 1. The number of carbonyl (C=O) groups excluding carboxylic acids is 1. The van der Waals surface area contributed by atoms with Crippen LogP contribution in [-0.4, -0.2) is 43.0 Å². The monoisotopic (exact) mass is 177 g/mol. The molecule has 0 fully saturated rings. The first-order chi connectivity index (χ1) is 5.20. The normalized spacial score (nSPS) is 10.2. The van der Waals surface area contributed by atoms with Gasteiger partial charge in [-0.1, -0.05) is 0 Å².